The Kier molecular flexibility index (Phi) is 4.88. The van der Waals surface area contributed by atoms with Gasteiger partial charge in [0.05, 0.1) is 5.56 Å². The van der Waals surface area contributed by atoms with E-state index < -0.39 is 11.7 Å². The monoisotopic (exact) mass is 380 g/mol. The third kappa shape index (κ3) is 3.83. The Labute approximate surface area is 155 Å². The average molecular weight is 380 g/mol. The lowest BCUT2D eigenvalue weighted by atomic mass is 10.1. The molecule has 4 nitrogen and oxygen atoms in total. The van der Waals surface area contributed by atoms with Crippen LogP contribution in [-0.4, -0.2) is 47.9 Å². The minimum Gasteiger partial charge on any atom is -0.451 e. The van der Waals surface area contributed by atoms with Gasteiger partial charge < -0.3 is 14.2 Å². The summed E-state index contributed by atoms with van der Waals surface area (Å²) >= 11 is 0. The van der Waals surface area contributed by atoms with Gasteiger partial charge in [0.25, 0.3) is 5.91 Å². The number of piperidine rings is 1. The van der Waals surface area contributed by atoms with E-state index in [2.05, 4.69) is 4.90 Å². The molecule has 1 unspecified atom stereocenters. The van der Waals surface area contributed by atoms with Gasteiger partial charge in [0.2, 0.25) is 0 Å². The summed E-state index contributed by atoms with van der Waals surface area (Å²) in [5, 5.41) is 0.512. The van der Waals surface area contributed by atoms with Gasteiger partial charge in [-0.05, 0) is 57.0 Å². The summed E-state index contributed by atoms with van der Waals surface area (Å²) in [6.45, 7) is 3.68. The Morgan fingerprint density at radius 2 is 1.85 bits per heavy atom. The first-order chi connectivity index (χ1) is 12.9. The fourth-order valence-electron chi connectivity index (χ4n) is 4.19. The van der Waals surface area contributed by atoms with E-state index in [1.165, 1.54) is 25.3 Å². The normalized spacial score (nSPS) is 21.9. The van der Waals surface area contributed by atoms with E-state index in [0.29, 0.717) is 11.9 Å². The van der Waals surface area contributed by atoms with Crippen molar-refractivity contribution >= 4 is 16.9 Å². The third-order valence-corrected chi connectivity index (χ3v) is 5.61. The highest BCUT2D eigenvalue weighted by molar-refractivity contribution is 5.96. The highest BCUT2D eigenvalue weighted by atomic mass is 19.4. The number of hydrogen-bond acceptors (Lipinski definition) is 3. The first-order valence-corrected chi connectivity index (χ1v) is 9.56. The lowest BCUT2D eigenvalue weighted by molar-refractivity contribution is -0.137. The number of furan rings is 1. The number of likely N-dealkylation sites (tertiary alicyclic amines) is 2. The van der Waals surface area contributed by atoms with E-state index >= 15 is 0 Å². The summed E-state index contributed by atoms with van der Waals surface area (Å²) < 4.78 is 44.1. The fourth-order valence-corrected chi connectivity index (χ4v) is 4.19. The van der Waals surface area contributed by atoms with Crippen molar-refractivity contribution in [2.24, 2.45) is 0 Å². The molecule has 0 radical (unpaired) electrons. The molecular weight excluding hydrogens is 357 g/mol. The Bertz CT molecular complexity index is 824. The second-order valence-corrected chi connectivity index (χ2v) is 7.52. The second-order valence-electron chi connectivity index (χ2n) is 7.52. The minimum absolute atomic E-state index is 0.0972. The van der Waals surface area contributed by atoms with Gasteiger partial charge in [-0.15, -0.1) is 0 Å². The molecule has 0 spiro atoms. The molecule has 2 fully saturated rings. The predicted octanol–water partition coefficient (Wildman–Crippen LogP) is 4.54. The Hall–Kier alpha value is -2.02. The lowest BCUT2D eigenvalue weighted by Gasteiger charge is -2.32. The molecule has 1 amide bonds. The van der Waals surface area contributed by atoms with Crippen LogP contribution in [0.15, 0.2) is 28.7 Å². The van der Waals surface area contributed by atoms with Gasteiger partial charge in [-0.3, -0.25) is 4.79 Å². The number of rotatable bonds is 3. The summed E-state index contributed by atoms with van der Waals surface area (Å²) in [6, 6.07) is 5.03. The molecular formula is C20H23F3N2O2. The highest BCUT2D eigenvalue weighted by Crippen LogP contribution is 2.33. The van der Waals surface area contributed by atoms with Crippen molar-refractivity contribution in [2.45, 2.75) is 44.3 Å². The number of carbonyl (C=O) groups is 1. The quantitative estimate of drug-likeness (QED) is 0.784. The predicted molar refractivity (Wildman–Crippen MR) is 95.6 cm³/mol. The molecule has 3 heterocycles. The maximum absolute atomic E-state index is 12.9. The van der Waals surface area contributed by atoms with Crippen LogP contribution in [0.1, 0.15) is 48.2 Å². The van der Waals surface area contributed by atoms with Crippen molar-refractivity contribution in [3.63, 3.8) is 0 Å². The maximum atomic E-state index is 12.9. The number of hydrogen-bond donors (Lipinski definition) is 0. The number of nitrogens with zero attached hydrogens (tertiary/aromatic N) is 2. The molecule has 2 aliphatic rings. The summed E-state index contributed by atoms with van der Waals surface area (Å²) in [5.74, 6) is -0.103. The fraction of sp³-hybridized carbons (Fsp3) is 0.550. The Morgan fingerprint density at radius 3 is 2.59 bits per heavy atom. The van der Waals surface area contributed by atoms with Crippen LogP contribution in [0.25, 0.3) is 11.0 Å². The molecule has 1 atom stereocenters. The van der Waals surface area contributed by atoms with Gasteiger partial charge in [-0.25, -0.2) is 0 Å². The van der Waals surface area contributed by atoms with Crippen LogP contribution in [0.4, 0.5) is 13.2 Å². The highest BCUT2D eigenvalue weighted by Gasteiger charge is 2.34. The van der Waals surface area contributed by atoms with Gasteiger partial charge in [-0.2, -0.15) is 13.2 Å². The van der Waals surface area contributed by atoms with Gasteiger partial charge in [0.1, 0.15) is 5.58 Å². The zero-order chi connectivity index (χ0) is 19.0. The van der Waals surface area contributed by atoms with Crippen LogP contribution >= 0.6 is 0 Å². The first kappa shape index (κ1) is 18.3. The van der Waals surface area contributed by atoms with Crippen LogP contribution < -0.4 is 0 Å². The number of amides is 1. The summed E-state index contributed by atoms with van der Waals surface area (Å²) in [4.78, 5) is 17.2. The topological polar surface area (TPSA) is 36.7 Å². The van der Waals surface area contributed by atoms with Gasteiger partial charge in [-0.1, -0.05) is 12.5 Å². The van der Waals surface area contributed by atoms with Gasteiger partial charge in [0, 0.05) is 24.5 Å². The van der Waals surface area contributed by atoms with Crippen molar-refractivity contribution in [2.75, 3.05) is 26.2 Å². The van der Waals surface area contributed by atoms with E-state index in [0.717, 1.165) is 44.6 Å². The Balaban J connectivity index is 1.52. The summed E-state index contributed by atoms with van der Waals surface area (Å²) in [6.07, 6.45) is 1.14. The number of fused-ring (bicyclic) bond motifs is 1. The first-order valence-electron chi connectivity index (χ1n) is 9.56. The van der Waals surface area contributed by atoms with Crippen LogP contribution in [0, 0.1) is 0 Å². The lowest BCUT2D eigenvalue weighted by Crippen LogP contribution is -2.44. The SMILES string of the molecule is O=C(c1cc2ccc(C(F)(F)F)cc2o1)N1CCCC1CN1CCCCC1. The largest absolute Gasteiger partial charge is 0.451 e. The van der Waals surface area contributed by atoms with Crippen molar-refractivity contribution < 1.29 is 22.4 Å². The molecule has 0 N–H and O–H groups in total. The molecule has 27 heavy (non-hydrogen) atoms. The van der Waals surface area contributed by atoms with Crippen molar-refractivity contribution in [3.05, 3.63) is 35.6 Å². The minimum atomic E-state index is -4.43. The molecule has 7 heteroatoms. The van der Waals surface area contributed by atoms with Gasteiger partial charge in [0.15, 0.2) is 5.76 Å². The van der Waals surface area contributed by atoms with Crippen molar-refractivity contribution in [1.82, 2.24) is 9.80 Å². The smallest absolute Gasteiger partial charge is 0.416 e. The van der Waals surface area contributed by atoms with E-state index in [1.807, 2.05) is 4.90 Å². The molecule has 0 saturated carbocycles. The number of halogens is 3. The molecule has 0 aliphatic carbocycles. The Morgan fingerprint density at radius 1 is 1.07 bits per heavy atom. The zero-order valence-corrected chi connectivity index (χ0v) is 15.1. The standard InChI is InChI=1S/C20H23F3N2O2/c21-20(22,23)15-7-6-14-11-18(27-17(14)12-15)19(26)25-10-4-5-16(25)13-24-8-2-1-3-9-24/h6-7,11-12,16H,1-5,8-10,13H2. The van der Waals surface area contributed by atoms with E-state index in [4.69, 9.17) is 4.42 Å². The average Bonchev–Trinajstić information content (AvgIpc) is 3.27. The molecule has 2 aliphatic heterocycles. The van der Waals surface area contributed by atoms with Gasteiger partial charge >= 0.3 is 6.18 Å². The van der Waals surface area contributed by atoms with Crippen LogP contribution in [-0.2, 0) is 6.18 Å². The van der Waals surface area contributed by atoms with Crippen LogP contribution in [0.3, 0.4) is 0 Å². The molecule has 2 aromatic rings. The van der Waals surface area contributed by atoms with E-state index in [-0.39, 0.29) is 23.3 Å². The van der Waals surface area contributed by atoms with E-state index in [9.17, 15) is 18.0 Å². The summed E-state index contributed by atoms with van der Waals surface area (Å²) in [5.41, 5.74) is -0.674. The molecule has 1 aromatic heterocycles. The summed E-state index contributed by atoms with van der Waals surface area (Å²) in [7, 11) is 0. The molecule has 146 valence electrons. The maximum Gasteiger partial charge on any atom is 0.416 e. The molecule has 2 saturated heterocycles. The third-order valence-electron chi connectivity index (χ3n) is 5.61. The number of alkyl halides is 3. The van der Waals surface area contributed by atoms with Crippen molar-refractivity contribution in [3.8, 4) is 0 Å². The zero-order valence-electron chi connectivity index (χ0n) is 15.1. The molecule has 0 bridgehead atoms. The number of benzene rings is 1. The molecule has 4 rings (SSSR count). The van der Waals surface area contributed by atoms with E-state index in [1.54, 1.807) is 6.07 Å². The second kappa shape index (κ2) is 7.19. The van der Waals surface area contributed by atoms with Crippen LogP contribution in [0.2, 0.25) is 0 Å². The van der Waals surface area contributed by atoms with Crippen molar-refractivity contribution in [1.29, 1.82) is 0 Å². The van der Waals surface area contributed by atoms with Crippen LogP contribution in [0.5, 0.6) is 0 Å². The number of carbonyl (C=O) groups excluding carboxylic acids is 1. The molecule has 1 aromatic carbocycles.